The number of hydrogen-bond acceptors (Lipinski definition) is 2. The molecule has 4 nitrogen and oxygen atoms in total. The zero-order chi connectivity index (χ0) is 41.9. The predicted molar refractivity (Wildman–Crippen MR) is 268 cm³/mol. The largest absolute Gasteiger partial charge is 0.456 e. The standard InChI is InChI=1S/C60H37N3O/c1-5-16-54-46(10-1)47-11-2-6-17-55(47)62(54)44-31-22-39(23-32-44)38-20-27-42(28-21-38)61(45-33-35-51-50-13-4-8-19-58(50)64-59(51)37-45)43-29-24-40(25-30-43)41-26-34-49-53-15-9-14-52-48-12-3-7-18-56(48)63(60(52)53)57(49)36-41/h1-37H. The van der Waals surface area contributed by atoms with E-state index in [4.69, 9.17) is 4.42 Å². The SMILES string of the molecule is c1ccc2c(c1)oc1cc(N(c3ccc(-c4ccc(-n5c6ccccc6c6ccccc65)cc4)cc3)c3ccc(-c4ccc5c6cccc7c8ccccc8n(c5c4)c76)cc3)ccc12. The number of benzene rings is 10. The van der Waals surface area contributed by atoms with E-state index in [0.717, 1.165) is 50.3 Å². The second-order valence-electron chi connectivity index (χ2n) is 16.9. The first-order valence-corrected chi connectivity index (χ1v) is 21.9. The molecule has 0 atom stereocenters. The molecule has 14 aromatic rings. The molecule has 4 aromatic heterocycles. The predicted octanol–water partition coefficient (Wildman–Crippen LogP) is 16.6. The van der Waals surface area contributed by atoms with Gasteiger partial charge in [-0.2, -0.15) is 0 Å². The third kappa shape index (κ3) is 5.11. The maximum Gasteiger partial charge on any atom is 0.137 e. The highest BCUT2D eigenvalue weighted by Gasteiger charge is 2.19. The first-order chi connectivity index (χ1) is 31.7. The van der Waals surface area contributed by atoms with Gasteiger partial charge in [0.1, 0.15) is 11.2 Å². The molecular weight excluding hydrogens is 779 g/mol. The zero-order valence-electron chi connectivity index (χ0n) is 34.6. The van der Waals surface area contributed by atoms with Gasteiger partial charge in [0.05, 0.1) is 27.6 Å². The van der Waals surface area contributed by atoms with E-state index in [0.29, 0.717) is 0 Å². The smallest absolute Gasteiger partial charge is 0.137 e. The summed E-state index contributed by atoms with van der Waals surface area (Å²) in [4.78, 5) is 2.33. The van der Waals surface area contributed by atoms with Gasteiger partial charge < -0.3 is 18.3 Å². The van der Waals surface area contributed by atoms with Gasteiger partial charge in [0.15, 0.2) is 0 Å². The minimum Gasteiger partial charge on any atom is -0.456 e. The van der Waals surface area contributed by atoms with Crippen LogP contribution in [0.3, 0.4) is 0 Å². The molecule has 0 amide bonds. The molecule has 0 bridgehead atoms. The summed E-state index contributed by atoms with van der Waals surface area (Å²) in [5, 5.41) is 9.94. The lowest BCUT2D eigenvalue weighted by Gasteiger charge is -2.26. The van der Waals surface area contributed by atoms with Gasteiger partial charge in [-0.05, 0) is 101 Å². The van der Waals surface area contributed by atoms with E-state index >= 15 is 0 Å². The molecule has 0 aliphatic rings. The third-order valence-electron chi connectivity index (χ3n) is 13.5. The Balaban J connectivity index is 0.845. The van der Waals surface area contributed by atoms with Crippen molar-refractivity contribution in [2.75, 3.05) is 4.90 Å². The Kier molecular flexibility index (Phi) is 7.36. The van der Waals surface area contributed by atoms with E-state index in [2.05, 4.69) is 226 Å². The van der Waals surface area contributed by atoms with Crippen LogP contribution in [0.1, 0.15) is 0 Å². The van der Waals surface area contributed by atoms with E-state index in [9.17, 15) is 0 Å². The molecule has 0 saturated carbocycles. The Bertz CT molecular complexity index is 4060. The van der Waals surface area contributed by atoms with E-state index in [1.165, 1.54) is 76.6 Å². The van der Waals surface area contributed by atoms with Gasteiger partial charge in [-0.1, -0.05) is 140 Å². The highest BCUT2D eigenvalue weighted by molar-refractivity contribution is 6.23. The van der Waals surface area contributed by atoms with Crippen LogP contribution in [0.5, 0.6) is 0 Å². The highest BCUT2D eigenvalue weighted by Crippen LogP contribution is 2.43. The van der Waals surface area contributed by atoms with Crippen LogP contribution in [-0.4, -0.2) is 8.97 Å². The van der Waals surface area contributed by atoms with Gasteiger partial charge in [0.2, 0.25) is 0 Å². The van der Waals surface area contributed by atoms with Crippen molar-refractivity contribution in [2.45, 2.75) is 0 Å². The molecule has 0 N–H and O–H groups in total. The van der Waals surface area contributed by atoms with E-state index in [1.54, 1.807) is 0 Å². The summed E-state index contributed by atoms with van der Waals surface area (Å²) in [6.45, 7) is 0. The van der Waals surface area contributed by atoms with Crippen molar-refractivity contribution in [1.82, 2.24) is 8.97 Å². The second kappa shape index (κ2) is 13.4. The fourth-order valence-electron chi connectivity index (χ4n) is 10.5. The molecule has 10 aromatic carbocycles. The molecule has 4 heteroatoms. The first-order valence-electron chi connectivity index (χ1n) is 21.9. The Hall–Kier alpha value is -8.60. The second-order valence-corrected chi connectivity index (χ2v) is 16.9. The van der Waals surface area contributed by atoms with Crippen LogP contribution in [0.4, 0.5) is 17.1 Å². The van der Waals surface area contributed by atoms with Crippen LogP contribution in [0.2, 0.25) is 0 Å². The zero-order valence-corrected chi connectivity index (χ0v) is 34.6. The van der Waals surface area contributed by atoms with E-state index in [-0.39, 0.29) is 0 Å². The average Bonchev–Trinajstić information content (AvgIpc) is 4.10. The Morgan fingerprint density at radius 2 is 0.750 bits per heavy atom. The normalized spacial score (nSPS) is 12.1. The summed E-state index contributed by atoms with van der Waals surface area (Å²) in [7, 11) is 0. The van der Waals surface area contributed by atoms with Gasteiger partial charge in [0.25, 0.3) is 0 Å². The number of para-hydroxylation sites is 5. The lowest BCUT2D eigenvalue weighted by atomic mass is 10.0. The van der Waals surface area contributed by atoms with Gasteiger partial charge in [0, 0.05) is 71.9 Å². The van der Waals surface area contributed by atoms with Crippen molar-refractivity contribution in [3.8, 4) is 27.9 Å². The number of nitrogens with zero attached hydrogens (tertiary/aromatic N) is 3. The molecule has 64 heavy (non-hydrogen) atoms. The summed E-state index contributed by atoms with van der Waals surface area (Å²) in [6, 6.07) is 81.4. The lowest BCUT2D eigenvalue weighted by molar-refractivity contribution is 0.669. The maximum absolute atomic E-state index is 6.42. The van der Waals surface area contributed by atoms with Crippen molar-refractivity contribution in [2.24, 2.45) is 0 Å². The van der Waals surface area contributed by atoms with E-state index < -0.39 is 0 Å². The van der Waals surface area contributed by atoms with Crippen molar-refractivity contribution in [3.05, 3.63) is 224 Å². The molecule has 0 radical (unpaired) electrons. The highest BCUT2D eigenvalue weighted by atomic mass is 16.3. The Morgan fingerprint density at radius 1 is 0.297 bits per heavy atom. The Labute approximate surface area is 368 Å². The average molecular weight is 816 g/mol. The molecular formula is C60H37N3O. The molecule has 0 fully saturated rings. The maximum atomic E-state index is 6.42. The number of fused-ring (bicyclic) bond motifs is 12. The van der Waals surface area contributed by atoms with Crippen molar-refractivity contribution in [1.29, 1.82) is 0 Å². The number of furan rings is 1. The third-order valence-corrected chi connectivity index (χ3v) is 13.5. The van der Waals surface area contributed by atoms with Gasteiger partial charge in [-0.25, -0.2) is 0 Å². The number of aromatic nitrogens is 2. The van der Waals surface area contributed by atoms with Gasteiger partial charge in [-0.15, -0.1) is 0 Å². The van der Waals surface area contributed by atoms with E-state index in [1.807, 2.05) is 12.1 Å². The minimum absolute atomic E-state index is 0.867. The number of anilines is 3. The molecule has 14 rings (SSSR count). The van der Waals surface area contributed by atoms with Crippen molar-refractivity contribution >= 4 is 98.9 Å². The first kappa shape index (κ1) is 35.0. The summed E-state index contributed by atoms with van der Waals surface area (Å²) >= 11 is 0. The molecule has 0 unspecified atom stereocenters. The number of hydrogen-bond donors (Lipinski definition) is 0. The fourth-order valence-corrected chi connectivity index (χ4v) is 10.5. The van der Waals surface area contributed by atoms with Crippen LogP contribution in [0.15, 0.2) is 229 Å². The fraction of sp³-hybridized carbons (Fsp3) is 0. The van der Waals surface area contributed by atoms with Crippen LogP contribution < -0.4 is 4.90 Å². The lowest BCUT2D eigenvalue weighted by Crippen LogP contribution is -2.09. The monoisotopic (exact) mass is 815 g/mol. The van der Waals surface area contributed by atoms with Crippen molar-refractivity contribution < 1.29 is 4.42 Å². The number of rotatable bonds is 6. The molecule has 0 aliphatic carbocycles. The molecule has 0 aliphatic heterocycles. The van der Waals surface area contributed by atoms with Crippen molar-refractivity contribution in [3.63, 3.8) is 0 Å². The Morgan fingerprint density at radius 3 is 1.41 bits per heavy atom. The van der Waals surface area contributed by atoms with Gasteiger partial charge in [-0.3, -0.25) is 0 Å². The summed E-state index contributed by atoms with van der Waals surface area (Å²) in [5.41, 5.74) is 16.9. The van der Waals surface area contributed by atoms with Crippen LogP contribution >= 0.6 is 0 Å². The topological polar surface area (TPSA) is 25.7 Å². The molecule has 4 heterocycles. The molecule has 298 valence electrons. The van der Waals surface area contributed by atoms with Crippen LogP contribution in [0, 0.1) is 0 Å². The van der Waals surface area contributed by atoms with Crippen LogP contribution in [0.25, 0.3) is 110 Å². The van der Waals surface area contributed by atoms with Gasteiger partial charge >= 0.3 is 0 Å². The summed E-state index contributed by atoms with van der Waals surface area (Å²) < 4.78 is 11.2. The molecule has 0 spiro atoms. The molecule has 0 saturated heterocycles. The summed E-state index contributed by atoms with van der Waals surface area (Å²) in [6.07, 6.45) is 0. The van der Waals surface area contributed by atoms with Crippen LogP contribution in [-0.2, 0) is 0 Å². The summed E-state index contributed by atoms with van der Waals surface area (Å²) in [5.74, 6) is 0. The quantitative estimate of drug-likeness (QED) is 0.167. The minimum atomic E-state index is 0.867.